The molecule has 2 aliphatic rings. The summed E-state index contributed by atoms with van der Waals surface area (Å²) in [4.78, 5) is 21.4. The Morgan fingerprint density at radius 3 is 2.75 bits per heavy atom. The predicted molar refractivity (Wildman–Crippen MR) is 53.8 cm³/mol. The van der Waals surface area contributed by atoms with Crippen LogP contribution in [-0.4, -0.2) is 35.9 Å². The van der Waals surface area contributed by atoms with Crippen LogP contribution in [0, 0.1) is 5.92 Å². The second kappa shape index (κ2) is 4.82. The van der Waals surface area contributed by atoms with Crippen LogP contribution in [0.5, 0.6) is 0 Å². The maximum absolute atomic E-state index is 11.2. The van der Waals surface area contributed by atoms with Gasteiger partial charge in [-0.3, -0.25) is 9.59 Å². The molecule has 0 aromatic rings. The molecule has 1 heterocycles. The average molecular weight is 228 g/mol. The van der Waals surface area contributed by atoms with Crippen molar-refractivity contribution in [1.29, 1.82) is 0 Å². The smallest absolute Gasteiger partial charge is 0.306 e. The summed E-state index contributed by atoms with van der Waals surface area (Å²) in [5, 5.41) is 8.40. The number of ether oxygens (including phenoxy) is 2. The van der Waals surface area contributed by atoms with Crippen molar-refractivity contribution in [2.45, 2.75) is 44.3 Å². The number of carboxylic acid groups (broad SMARTS) is 1. The van der Waals surface area contributed by atoms with Crippen molar-refractivity contribution in [2.24, 2.45) is 5.92 Å². The van der Waals surface area contributed by atoms with Gasteiger partial charge in [0, 0.05) is 0 Å². The Bertz CT molecular complexity index is 288. The fourth-order valence-electron chi connectivity index (χ4n) is 2.13. The van der Waals surface area contributed by atoms with Gasteiger partial charge in [-0.05, 0) is 25.2 Å². The fraction of sp³-hybridized carbons (Fsp3) is 0.818. The second-order valence-electron chi connectivity index (χ2n) is 4.47. The Hall–Kier alpha value is -1.10. The summed E-state index contributed by atoms with van der Waals surface area (Å²) in [6.07, 6.45) is 3.71. The van der Waals surface area contributed by atoms with Crippen molar-refractivity contribution in [3.05, 3.63) is 0 Å². The maximum atomic E-state index is 11.2. The lowest BCUT2D eigenvalue weighted by molar-refractivity contribution is -0.148. The first-order valence-corrected chi connectivity index (χ1v) is 5.68. The predicted octanol–water partition coefficient (Wildman–Crippen LogP) is 0.962. The molecule has 1 saturated carbocycles. The highest BCUT2D eigenvalue weighted by atomic mass is 16.6. The van der Waals surface area contributed by atoms with Gasteiger partial charge < -0.3 is 14.6 Å². The van der Waals surface area contributed by atoms with Crippen LogP contribution >= 0.6 is 0 Å². The van der Waals surface area contributed by atoms with Crippen LogP contribution < -0.4 is 0 Å². The molecule has 0 aromatic carbocycles. The largest absolute Gasteiger partial charge is 0.481 e. The molecule has 1 N–H and O–H groups in total. The van der Waals surface area contributed by atoms with Crippen molar-refractivity contribution in [3.63, 3.8) is 0 Å². The summed E-state index contributed by atoms with van der Waals surface area (Å²) in [5.74, 6) is -0.998. The Morgan fingerprint density at radius 1 is 1.25 bits per heavy atom. The van der Waals surface area contributed by atoms with Crippen LogP contribution in [0.2, 0.25) is 0 Å². The molecule has 0 aromatic heterocycles. The van der Waals surface area contributed by atoms with Crippen molar-refractivity contribution in [3.8, 4) is 0 Å². The molecule has 0 radical (unpaired) electrons. The van der Waals surface area contributed by atoms with Gasteiger partial charge in [0.05, 0.1) is 31.7 Å². The first kappa shape index (κ1) is 11.4. The molecular weight excluding hydrogens is 212 g/mol. The number of carbonyl (C=O) groups excluding carboxylic acids is 1. The summed E-state index contributed by atoms with van der Waals surface area (Å²) in [5.41, 5.74) is 0. The number of epoxide rings is 1. The molecule has 1 aliphatic heterocycles. The lowest BCUT2D eigenvalue weighted by Gasteiger charge is -2.18. The first-order valence-electron chi connectivity index (χ1n) is 5.68. The third-order valence-corrected chi connectivity index (χ3v) is 3.14. The number of carbonyl (C=O) groups is 2. The highest BCUT2D eigenvalue weighted by molar-refractivity contribution is 5.76. The van der Waals surface area contributed by atoms with E-state index < -0.39 is 11.9 Å². The van der Waals surface area contributed by atoms with Gasteiger partial charge in [0.25, 0.3) is 0 Å². The van der Waals surface area contributed by atoms with Crippen LogP contribution in [0.1, 0.15) is 32.1 Å². The Morgan fingerprint density at radius 2 is 2.06 bits per heavy atom. The third kappa shape index (κ3) is 3.20. The van der Waals surface area contributed by atoms with Gasteiger partial charge in [-0.2, -0.15) is 0 Å². The van der Waals surface area contributed by atoms with E-state index >= 15 is 0 Å². The average Bonchev–Trinajstić information content (AvgIpc) is 3.01. The van der Waals surface area contributed by atoms with Crippen LogP contribution in [0.15, 0.2) is 0 Å². The van der Waals surface area contributed by atoms with Crippen LogP contribution in [0.4, 0.5) is 0 Å². The molecule has 1 aliphatic carbocycles. The Balaban J connectivity index is 1.59. The van der Waals surface area contributed by atoms with Gasteiger partial charge in [0.2, 0.25) is 0 Å². The molecule has 16 heavy (non-hydrogen) atoms. The van der Waals surface area contributed by atoms with Crippen molar-refractivity contribution in [2.75, 3.05) is 6.61 Å². The molecule has 5 heteroatoms. The van der Waals surface area contributed by atoms with Gasteiger partial charge >= 0.3 is 11.9 Å². The van der Waals surface area contributed by atoms with E-state index in [1.807, 2.05) is 0 Å². The van der Waals surface area contributed by atoms with E-state index in [4.69, 9.17) is 14.6 Å². The van der Waals surface area contributed by atoms with Gasteiger partial charge in [-0.15, -0.1) is 0 Å². The Kier molecular flexibility index (Phi) is 3.43. The normalized spacial score (nSPS) is 31.6. The number of esters is 1. The van der Waals surface area contributed by atoms with Gasteiger partial charge in [-0.1, -0.05) is 0 Å². The summed E-state index contributed by atoms with van der Waals surface area (Å²) >= 11 is 0. The van der Waals surface area contributed by atoms with Crippen LogP contribution in [0.25, 0.3) is 0 Å². The first-order chi connectivity index (χ1) is 7.65. The summed E-state index contributed by atoms with van der Waals surface area (Å²) in [7, 11) is 0. The molecule has 5 nitrogen and oxygen atoms in total. The minimum absolute atomic E-state index is 0.0371. The summed E-state index contributed by atoms with van der Waals surface area (Å²) < 4.78 is 10.4. The maximum Gasteiger partial charge on any atom is 0.306 e. The lowest BCUT2D eigenvalue weighted by Crippen LogP contribution is -2.20. The number of hydrogen-bond acceptors (Lipinski definition) is 4. The fourth-order valence-corrected chi connectivity index (χ4v) is 2.13. The zero-order chi connectivity index (χ0) is 11.5. The molecule has 0 bridgehead atoms. The summed E-state index contributed by atoms with van der Waals surface area (Å²) in [6.45, 7) is 0.408. The van der Waals surface area contributed by atoms with E-state index in [1.165, 1.54) is 0 Å². The standard InChI is InChI=1S/C11H16O5/c12-10(13)3-4-11(14)15-6-7-1-2-8-9(5-7)16-8/h7-9H,1-6H2,(H,12,13). The number of aliphatic carboxylic acids is 1. The highest BCUT2D eigenvalue weighted by Gasteiger charge is 2.43. The number of hydrogen-bond donors (Lipinski definition) is 1. The third-order valence-electron chi connectivity index (χ3n) is 3.14. The topological polar surface area (TPSA) is 76.1 Å². The molecular formula is C11H16O5. The van der Waals surface area contributed by atoms with Crippen LogP contribution in [0.3, 0.4) is 0 Å². The monoisotopic (exact) mass is 228 g/mol. The van der Waals surface area contributed by atoms with E-state index in [-0.39, 0.29) is 12.8 Å². The second-order valence-corrected chi connectivity index (χ2v) is 4.47. The number of rotatable bonds is 5. The zero-order valence-corrected chi connectivity index (χ0v) is 9.05. The van der Waals surface area contributed by atoms with Crippen molar-refractivity contribution < 1.29 is 24.2 Å². The quantitative estimate of drug-likeness (QED) is 0.560. The van der Waals surface area contributed by atoms with Gasteiger partial charge in [0.15, 0.2) is 0 Å². The Labute approximate surface area is 93.7 Å². The van der Waals surface area contributed by atoms with E-state index in [0.29, 0.717) is 24.7 Å². The van der Waals surface area contributed by atoms with Gasteiger partial charge in [-0.25, -0.2) is 0 Å². The molecule has 1 saturated heterocycles. The zero-order valence-electron chi connectivity index (χ0n) is 9.05. The highest BCUT2D eigenvalue weighted by Crippen LogP contribution is 2.39. The minimum Gasteiger partial charge on any atom is -0.481 e. The van der Waals surface area contributed by atoms with Crippen molar-refractivity contribution in [1.82, 2.24) is 0 Å². The van der Waals surface area contributed by atoms with Crippen LogP contribution in [-0.2, 0) is 19.1 Å². The van der Waals surface area contributed by atoms with E-state index in [0.717, 1.165) is 19.3 Å². The minimum atomic E-state index is -0.969. The molecule has 3 unspecified atom stereocenters. The SMILES string of the molecule is O=C(O)CCC(=O)OCC1CCC2OC2C1. The molecule has 90 valence electrons. The number of fused-ring (bicyclic) bond motifs is 1. The van der Waals surface area contributed by atoms with Crippen molar-refractivity contribution >= 4 is 11.9 Å². The molecule has 0 amide bonds. The molecule has 2 rings (SSSR count). The van der Waals surface area contributed by atoms with E-state index in [9.17, 15) is 9.59 Å². The lowest BCUT2D eigenvalue weighted by atomic mass is 9.90. The molecule has 2 fully saturated rings. The van der Waals surface area contributed by atoms with E-state index in [2.05, 4.69) is 0 Å². The molecule has 3 atom stereocenters. The van der Waals surface area contributed by atoms with Gasteiger partial charge in [0.1, 0.15) is 0 Å². The van der Waals surface area contributed by atoms with E-state index in [1.54, 1.807) is 0 Å². The summed E-state index contributed by atoms with van der Waals surface area (Å²) in [6, 6.07) is 0. The number of carboxylic acids is 1. The molecule has 0 spiro atoms.